The van der Waals surface area contributed by atoms with Crippen LogP contribution in [0.1, 0.15) is 35.0 Å². The van der Waals surface area contributed by atoms with E-state index in [0.29, 0.717) is 31.1 Å². The summed E-state index contributed by atoms with van der Waals surface area (Å²) in [5, 5.41) is 3.07. The normalized spacial score (nSPS) is 14.8. The zero-order valence-electron chi connectivity index (χ0n) is 17.5. The van der Waals surface area contributed by atoms with Crippen LogP contribution < -0.4 is 14.8 Å². The largest absolute Gasteiger partial charge is 0.490 e. The van der Waals surface area contributed by atoms with Crippen molar-refractivity contribution in [2.75, 3.05) is 32.8 Å². The second-order valence-electron chi connectivity index (χ2n) is 7.49. The van der Waals surface area contributed by atoms with Gasteiger partial charge in [0.2, 0.25) is 0 Å². The SMILES string of the molecule is O=C(NCC(c1ccco1)N1CCCC1)c1ccccc1OCCOc1ccccc1. The first-order valence-electron chi connectivity index (χ1n) is 10.8. The van der Waals surface area contributed by atoms with Crippen molar-refractivity contribution in [2.45, 2.75) is 18.9 Å². The number of nitrogens with one attached hydrogen (secondary N) is 1. The van der Waals surface area contributed by atoms with Crippen molar-refractivity contribution in [2.24, 2.45) is 0 Å². The number of para-hydroxylation sites is 2. The fourth-order valence-electron chi connectivity index (χ4n) is 3.84. The third kappa shape index (κ3) is 5.67. The average Bonchev–Trinajstić information content (AvgIpc) is 3.53. The first-order valence-corrected chi connectivity index (χ1v) is 10.8. The van der Waals surface area contributed by atoms with Gasteiger partial charge in [0.05, 0.1) is 17.9 Å². The molecule has 1 aliphatic heterocycles. The first-order chi connectivity index (χ1) is 15.3. The van der Waals surface area contributed by atoms with E-state index in [0.717, 1.165) is 24.6 Å². The molecule has 1 amide bonds. The second-order valence-corrected chi connectivity index (χ2v) is 7.49. The standard InChI is InChI=1S/C25H28N2O4/c28-25(26-19-22(24-13-8-16-30-24)27-14-6-7-15-27)21-11-4-5-12-23(21)31-18-17-29-20-9-2-1-3-10-20/h1-5,8-13,16,22H,6-7,14-15,17-19H2,(H,26,28). The smallest absolute Gasteiger partial charge is 0.255 e. The van der Waals surface area contributed by atoms with Crippen molar-refractivity contribution in [1.29, 1.82) is 0 Å². The van der Waals surface area contributed by atoms with E-state index in [1.807, 2.05) is 60.7 Å². The van der Waals surface area contributed by atoms with Crippen LogP contribution in [-0.2, 0) is 0 Å². The van der Waals surface area contributed by atoms with E-state index >= 15 is 0 Å². The molecule has 1 atom stereocenters. The van der Waals surface area contributed by atoms with Crippen LogP contribution in [0.25, 0.3) is 0 Å². The molecular weight excluding hydrogens is 392 g/mol. The summed E-state index contributed by atoms with van der Waals surface area (Å²) in [5.74, 6) is 2.07. The maximum absolute atomic E-state index is 12.9. The van der Waals surface area contributed by atoms with Gasteiger partial charge in [-0.25, -0.2) is 0 Å². The van der Waals surface area contributed by atoms with Crippen molar-refractivity contribution >= 4 is 5.91 Å². The number of hydrogen-bond donors (Lipinski definition) is 1. The fourth-order valence-corrected chi connectivity index (χ4v) is 3.84. The van der Waals surface area contributed by atoms with Gasteiger partial charge in [0.1, 0.15) is 30.5 Å². The number of hydrogen-bond acceptors (Lipinski definition) is 5. The summed E-state index contributed by atoms with van der Waals surface area (Å²) in [6, 6.07) is 20.8. The molecule has 6 nitrogen and oxygen atoms in total. The van der Waals surface area contributed by atoms with Gasteiger partial charge in [-0.2, -0.15) is 0 Å². The van der Waals surface area contributed by atoms with E-state index in [1.165, 1.54) is 12.8 Å². The Morgan fingerprint density at radius 1 is 0.935 bits per heavy atom. The van der Waals surface area contributed by atoms with Gasteiger partial charge in [0.15, 0.2) is 0 Å². The third-order valence-electron chi connectivity index (χ3n) is 5.39. The predicted molar refractivity (Wildman–Crippen MR) is 118 cm³/mol. The summed E-state index contributed by atoms with van der Waals surface area (Å²) in [6.45, 7) is 3.26. The van der Waals surface area contributed by atoms with E-state index < -0.39 is 0 Å². The zero-order valence-corrected chi connectivity index (χ0v) is 17.5. The Labute approximate surface area is 182 Å². The molecular formula is C25H28N2O4. The van der Waals surface area contributed by atoms with E-state index in [1.54, 1.807) is 12.3 Å². The molecule has 1 aliphatic rings. The number of amides is 1. The highest BCUT2D eigenvalue weighted by atomic mass is 16.5. The molecule has 1 saturated heterocycles. The lowest BCUT2D eigenvalue weighted by Gasteiger charge is -2.26. The van der Waals surface area contributed by atoms with Gasteiger partial charge in [0.25, 0.3) is 5.91 Å². The van der Waals surface area contributed by atoms with Crippen molar-refractivity contribution in [3.63, 3.8) is 0 Å². The highest BCUT2D eigenvalue weighted by molar-refractivity contribution is 5.96. The maximum Gasteiger partial charge on any atom is 0.255 e. The molecule has 1 aromatic heterocycles. The minimum absolute atomic E-state index is 0.0359. The summed E-state index contributed by atoms with van der Waals surface area (Å²) >= 11 is 0. The Kier molecular flexibility index (Phi) is 7.24. The number of carbonyl (C=O) groups excluding carboxylic acids is 1. The number of nitrogens with zero attached hydrogens (tertiary/aromatic N) is 1. The van der Waals surface area contributed by atoms with E-state index in [4.69, 9.17) is 13.9 Å². The van der Waals surface area contributed by atoms with E-state index in [-0.39, 0.29) is 11.9 Å². The van der Waals surface area contributed by atoms with E-state index in [9.17, 15) is 4.79 Å². The Balaban J connectivity index is 1.33. The molecule has 162 valence electrons. The molecule has 0 radical (unpaired) electrons. The number of ether oxygens (including phenoxy) is 2. The summed E-state index contributed by atoms with van der Waals surface area (Å²) in [7, 11) is 0. The first kappa shape index (κ1) is 21.0. The lowest BCUT2D eigenvalue weighted by molar-refractivity contribution is 0.0928. The van der Waals surface area contributed by atoms with Crippen LogP contribution in [0.5, 0.6) is 11.5 Å². The van der Waals surface area contributed by atoms with Gasteiger partial charge in [0, 0.05) is 6.54 Å². The minimum atomic E-state index is -0.157. The molecule has 31 heavy (non-hydrogen) atoms. The number of benzene rings is 2. The molecule has 0 bridgehead atoms. The van der Waals surface area contributed by atoms with Crippen LogP contribution >= 0.6 is 0 Å². The lowest BCUT2D eigenvalue weighted by atomic mass is 10.1. The molecule has 1 fully saturated rings. The van der Waals surface area contributed by atoms with Crippen LogP contribution in [0.3, 0.4) is 0 Å². The van der Waals surface area contributed by atoms with Crippen LogP contribution in [0, 0.1) is 0 Å². The molecule has 2 heterocycles. The number of likely N-dealkylation sites (tertiary alicyclic amines) is 1. The number of carbonyl (C=O) groups is 1. The Morgan fingerprint density at radius 2 is 1.68 bits per heavy atom. The van der Waals surface area contributed by atoms with Gasteiger partial charge in [-0.15, -0.1) is 0 Å². The van der Waals surface area contributed by atoms with Crippen molar-refractivity contribution in [3.8, 4) is 11.5 Å². The second kappa shape index (κ2) is 10.7. The molecule has 1 N–H and O–H groups in total. The quantitative estimate of drug-likeness (QED) is 0.496. The van der Waals surface area contributed by atoms with Gasteiger partial charge in [-0.3, -0.25) is 9.69 Å². The molecule has 0 saturated carbocycles. The molecule has 6 heteroatoms. The minimum Gasteiger partial charge on any atom is -0.490 e. The molecule has 1 unspecified atom stereocenters. The Hall–Kier alpha value is -3.25. The molecule has 4 rings (SSSR count). The summed E-state index contributed by atoms with van der Waals surface area (Å²) in [6.07, 6.45) is 4.03. The number of furan rings is 1. The van der Waals surface area contributed by atoms with Gasteiger partial charge in [-0.1, -0.05) is 30.3 Å². The van der Waals surface area contributed by atoms with Crippen LogP contribution in [0.4, 0.5) is 0 Å². The average molecular weight is 421 g/mol. The molecule has 0 aliphatic carbocycles. The molecule has 0 spiro atoms. The van der Waals surface area contributed by atoms with Crippen molar-refractivity contribution in [3.05, 3.63) is 84.3 Å². The number of rotatable bonds is 10. The predicted octanol–water partition coefficient (Wildman–Crippen LogP) is 4.30. The monoisotopic (exact) mass is 420 g/mol. The van der Waals surface area contributed by atoms with Gasteiger partial charge >= 0.3 is 0 Å². The molecule has 2 aromatic carbocycles. The van der Waals surface area contributed by atoms with Crippen molar-refractivity contribution in [1.82, 2.24) is 10.2 Å². The zero-order chi connectivity index (χ0) is 21.3. The highest BCUT2D eigenvalue weighted by Gasteiger charge is 2.26. The lowest BCUT2D eigenvalue weighted by Crippen LogP contribution is -2.36. The maximum atomic E-state index is 12.9. The topological polar surface area (TPSA) is 63.9 Å². The fraction of sp³-hybridized carbons (Fsp3) is 0.320. The van der Waals surface area contributed by atoms with E-state index in [2.05, 4.69) is 10.2 Å². The molecule has 3 aromatic rings. The third-order valence-corrected chi connectivity index (χ3v) is 5.39. The van der Waals surface area contributed by atoms with Crippen LogP contribution in [-0.4, -0.2) is 43.7 Å². The Morgan fingerprint density at radius 3 is 2.45 bits per heavy atom. The summed E-state index contributed by atoms with van der Waals surface area (Å²) in [4.78, 5) is 15.3. The van der Waals surface area contributed by atoms with Crippen molar-refractivity contribution < 1.29 is 18.7 Å². The summed E-state index contributed by atoms with van der Waals surface area (Å²) in [5.41, 5.74) is 0.516. The van der Waals surface area contributed by atoms with Crippen LogP contribution in [0.15, 0.2) is 77.4 Å². The Bertz CT molecular complexity index is 937. The summed E-state index contributed by atoms with van der Waals surface area (Å²) < 4.78 is 17.1. The van der Waals surface area contributed by atoms with Gasteiger partial charge < -0.3 is 19.2 Å². The van der Waals surface area contributed by atoms with Gasteiger partial charge in [-0.05, 0) is 62.3 Å². The van der Waals surface area contributed by atoms with Crippen LogP contribution in [0.2, 0.25) is 0 Å². The highest BCUT2D eigenvalue weighted by Crippen LogP contribution is 2.25.